The summed E-state index contributed by atoms with van der Waals surface area (Å²) in [4.78, 5) is 18.5. The number of hydrogen-bond acceptors (Lipinski definition) is 3. The van der Waals surface area contributed by atoms with E-state index >= 15 is 0 Å². The minimum absolute atomic E-state index is 0.271. The number of fused-ring (bicyclic) bond motifs is 2. The fraction of sp³-hybridized carbons (Fsp3) is 0. The Hall–Kier alpha value is -1.85. The van der Waals surface area contributed by atoms with E-state index in [2.05, 4.69) is 10.3 Å². The van der Waals surface area contributed by atoms with Gasteiger partial charge in [0.15, 0.2) is 0 Å². The van der Waals surface area contributed by atoms with Gasteiger partial charge in [0.2, 0.25) is 0 Å². The zero-order valence-electron chi connectivity index (χ0n) is 12.5. The zero-order valence-corrected chi connectivity index (χ0v) is 15.6. The number of rotatable bonds is 2. The van der Waals surface area contributed by atoms with Crippen molar-refractivity contribution in [2.24, 2.45) is 0 Å². The summed E-state index contributed by atoms with van der Waals surface area (Å²) in [6, 6.07) is 14.7. The highest BCUT2D eigenvalue weighted by Gasteiger charge is 2.14. The lowest BCUT2D eigenvalue weighted by molar-refractivity contribution is 0.103. The summed E-state index contributed by atoms with van der Waals surface area (Å²) in [6.07, 6.45) is 0. The van der Waals surface area contributed by atoms with Crippen LogP contribution in [0.3, 0.4) is 0 Å². The molecule has 1 amide bonds. The number of halogens is 3. The van der Waals surface area contributed by atoms with Gasteiger partial charge in [0.25, 0.3) is 5.91 Å². The van der Waals surface area contributed by atoms with Gasteiger partial charge in [0.1, 0.15) is 4.83 Å². The van der Waals surface area contributed by atoms with Crippen molar-refractivity contribution in [2.75, 3.05) is 5.32 Å². The fourth-order valence-electron chi connectivity index (χ4n) is 2.49. The molecule has 25 heavy (non-hydrogen) atoms. The molecule has 0 radical (unpaired) electrons. The molecule has 0 spiro atoms. The van der Waals surface area contributed by atoms with Crippen LogP contribution in [-0.2, 0) is 0 Å². The number of carbonyl (C=O) groups is 1. The van der Waals surface area contributed by atoms with E-state index in [0.29, 0.717) is 25.6 Å². The van der Waals surface area contributed by atoms with Gasteiger partial charge in [-0.15, -0.1) is 11.3 Å². The number of pyridine rings is 1. The number of nitrogens with zero attached hydrogens (tertiary/aromatic N) is 1. The predicted octanol–water partition coefficient (Wildman–Crippen LogP) is 6.66. The maximum absolute atomic E-state index is 12.6. The molecule has 0 bridgehead atoms. The van der Waals surface area contributed by atoms with Crippen LogP contribution in [0.5, 0.6) is 0 Å². The molecule has 0 aliphatic carbocycles. The Labute approximate surface area is 162 Å². The van der Waals surface area contributed by atoms with Gasteiger partial charge < -0.3 is 5.32 Å². The largest absolute Gasteiger partial charge is 0.320 e. The van der Waals surface area contributed by atoms with Crippen molar-refractivity contribution < 1.29 is 4.79 Å². The number of aromatic nitrogens is 1. The summed E-state index contributed by atoms with van der Waals surface area (Å²) in [5.74, 6) is -0.271. The van der Waals surface area contributed by atoms with E-state index in [9.17, 15) is 4.79 Å². The van der Waals surface area contributed by atoms with E-state index in [-0.39, 0.29) is 5.91 Å². The molecule has 7 heteroatoms. The molecular weight excluding hydrogens is 399 g/mol. The monoisotopic (exact) mass is 406 g/mol. The summed E-state index contributed by atoms with van der Waals surface area (Å²) in [5.41, 5.74) is 1.31. The third-order valence-electron chi connectivity index (χ3n) is 3.69. The minimum Gasteiger partial charge on any atom is -0.320 e. The van der Waals surface area contributed by atoms with Gasteiger partial charge in [-0.05, 0) is 30.3 Å². The topological polar surface area (TPSA) is 42.0 Å². The van der Waals surface area contributed by atoms with E-state index in [0.717, 1.165) is 21.1 Å². The molecule has 2 aromatic heterocycles. The van der Waals surface area contributed by atoms with Gasteiger partial charge in [0.05, 0.1) is 31.1 Å². The first-order valence-electron chi connectivity index (χ1n) is 7.26. The van der Waals surface area contributed by atoms with Crippen LogP contribution in [0.4, 0.5) is 5.69 Å². The number of amides is 1. The first kappa shape index (κ1) is 16.6. The molecule has 0 aliphatic heterocycles. The molecule has 2 aromatic carbocycles. The Morgan fingerprint density at radius 2 is 1.68 bits per heavy atom. The Morgan fingerprint density at radius 1 is 0.920 bits per heavy atom. The number of para-hydroxylation sites is 1. The molecule has 4 aromatic rings. The summed E-state index contributed by atoms with van der Waals surface area (Å²) in [5, 5.41) is 5.71. The van der Waals surface area contributed by atoms with E-state index < -0.39 is 0 Å². The van der Waals surface area contributed by atoms with E-state index in [4.69, 9.17) is 34.8 Å². The average Bonchev–Trinajstić information content (AvgIpc) is 3.00. The molecule has 0 fully saturated rings. The first-order chi connectivity index (χ1) is 12.0. The predicted molar refractivity (Wildman–Crippen MR) is 107 cm³/mol. The number of benzene rings is 2. The zero-order chi connectivity index (χ0) is 17.6. The molecule has 0 atom stereocenters. The third-order valence-corrected chi connectivity index (χ3v) is 5.77. The molecule has 2 heterocycles. The fourth-order valence-corrected chi connectivity index (χ4v) is 4.00. The smallest absolute Gasteiger partial charge is 0.265 e. The lowest BCUT2D eigenvalue weighted by Crippen LogP contribution is -2.10. The van der Waals surface area contributed by atoms with Crippen LogP contribution >= 0.6 is 46.1 Å². The highest BCUT2D eigenvalue weighted by Crippen LogP contribution is 2.33. The maximum Gasteiger partial charge on any atom is 0.265 e. The van der Waals surface area contributed by atoms with Crippen molar-refractivity contribution in [1.82, 2.24) is 4.98 Å². The van der Waals surface area contributed by atoms with E-state index in [1.807, 2.05) is 36.4 Å². The number of carbonyl (C=O) groups excluding carboxylic acids is 1. The van der Waals surface area contributed by atoms with Crippen LogP contribution < -0.4 is 5.32 Å². The maximum atomic E-state index is 12.6. The van der Waals surface area contributed by atoms with Crippen molar-refractivity contribution in [2.45, 2.75) is 0 Å². The minimum atomic E-state index is -0.271. The molecule has 0 unspecified atom stereocenters. The van der Waals surface area contributed by atoms with Gasteiger partial charge in [-0.1, -0.05) is 53.0 Å². The van der Waals surface area contributed by atoms with Gasteiger partial charge in [0, 0.05) is 10.8 Å². The first-order valence-corrected chi connectivity index (χ1v) is 9.21. The number of nitrogens with one attached hydrogen (secondary N) is 1. The lowest BCUT2D eigenvalue weighted by atomic mass is 10.2. The number of hydrogen-bond donors (Lipinski definition) is 1. The molecule has 4 rings (SSSR count). The third kappa shape index (κ3) is 3.18. The second-order valence-corrected chi connectivity index (χ2v) is 7.64. The van der Waals surface area contributed by atoms with Crippen LogP contribution in [-0.4, -0.2) is 10.9 Å². The van der Waals surface area contributed by atoms with Crippen LogP contribution in [0.2, 0.25) is 15.1 Å². The molecule has 0 aliphatic rings. The van der Waals surface area contributed by atoms with Crippen molar-refractivity contribution in [3.63, 3.8) is 0 Å². The molecule has 0 saturated carbocycles. The van der Waals surface area contributed by atoms with Crippen LogP contribution in [0, 0.1) is 0 Å². The van der Waals surface area contributed by atoms with Crippen molar-refractivity contribution in [3.8, 4) is 0 Å². The van der Waals surface area contributed by atoms with Crippen LogP contribution in [0.15, 0.2) is 48.5 Å². The van der Waals surface area contributed by atoms with Crippen LogP contribution in [0.25, 0.3) is 21.1 Å². The quantitative estimate of drug-likeness (QED) is 0.377. The van der Waals surface area contributed by atoms with E-state index in [1.54, 1.807) is 0 Å². The van der Waals surface area contributed by atoms with Gasteiger partial charge in [-0.25, -0.2) is 4.98 Å². The van der Waals surface area contributed by atoms with E-state index in [1.165, 1.54) is 23.5 Å². The second-order valence-electron chi connectivity index (χ2n) is 5.39. The molecule has 124 valence electrons. The normalized spacial score (nSPS) is 11.2. The highest BCUT2D eigenvalue weighted by molar-refractivity contribution is 7.20. The Bertz CT molecular complexity index is 1090. The molecule has 1 N–H and O–H groups in total. The average molecular weight is 408 g/mol. The van der Waals surface area contributed by atoms with Crippen molar-refractivity contribution in [1.29, 1.82) is 0 Å². The second kappa shape index (κ2) is 6.46. The summed E-state index contributed by atoms with van der Waals surface area (Å²) >= 11 is 19.3. The summed E-state index contributed by atoms with van der Waals surface area (Å²) in [7, 11) is 0. The van der Waals surface area contributed by atoms with Crippen LogP contribution in [0.1, 0.15) is 9.67 Å². The van der Waals surface area contributed by atoms with Crippen molar-refractivity contribution >= 4 is 78.9 Å². The number of thiophene rings is 1. The molecule has 0 saturated heterocycles. The Kier molecular flexibility index (Phi) is 4.29. The van der Waals surface area contributed by atoms with Gasteiger partial charge in [-0.2, -0.15) is 0 Å². The summed E-state index contributed by atoms with van der Waals surface area (Å²) in [6.45, 7) is 0. The standard InChI is InChI=1S/C18H9Cl3N2OS/c19-11-7-13(21)15(8-12(11)20)22-17(24)16-6-10-5-9-3-1-2-4-14(9)23-18(10)25-16/h1-8H,(H,22,24). The highest BCUT2D eigenvalue weighted by atomic mass is 35.5. The lowest BCUT2D eigenvalue weighted by Gasteiger charge is -2.07. The number of anilines is 1. The molecule has 3 nitrogen and oxygen atoms in total. The SMILES string of the molecule is O=C(Nc1cc(Cl)c(Cl)cc1Cl)c1cc2cc3ccccc3nc2s1. The Morgan fingerprint density at radius 3 is 2.52 bits per heavy atom. The van der Waals surface area contributed by atoms with Gasteiger partial charge in [-0.3, -0.25) is 4.79 Å². The Balaban J connectivity index is 1.70. The summed E-state index contributed by atoms with van der Waals surface area (Å²) < 4.78 is 0. The molecular formula is C18H9Cl3N2OS. The van der Waals surface area contributed by atoms with Crippen molar-refractivity contribution in [3.05, 3.63) is 68.5 Å². The van der Waals surface area contributed by atoms with Gasteiger partial charge >= 0.3 is 0 Å².